The molecule has 1 aliphatic rings. The molecule has 2 rings (SSSR count). The second-order valence-corrected chi connectivity index (χ2v) is 5.37. The predicted octanol–water partition coefficient (Wildman–Crippen LogP) is 1.10. The van der Waals surface area contributed by atoms with Gasteiger partial charge in [-0.2, -0.15) is 0 Å². The van der Waals surface area contributed by atoms with E-state index in [9.17, 15) is 4.79 Å². The zero-order valence-electron chi connectivity index (χ0n) is 12.2. The highest BCUT2D eigenvalue weighted by atomic mass is 16.2. The van der Waals surface area contributed by atoms with Gasteiger partial charge in [0.05, 0.1) is 18.4 Å². The first kappa shape index (κ1) is 14.7. The number of aromatic nitrogens is 2. The van der Waals surface area contributed by atoms with Crippen LogP contribution in [0.15, 0.2) is 18.6 Å². The molecule has 0 bridgehead atoms. The van der Waals surface area contributed by atoms with E-state index in [-0.39, 0.29) is 6.03 Å². The van der Waals surface area contributed by atoms with Crippen molar-refractivity contribution in [1.82, 2.24) is 25.1 Å². The van der Waals surface area contributed by atoms with Gasteiger partial charge in [-0.3, -0.25) is 9.97 Å². The topological polar surface area (TPSA) is 61.4 Å². The largest absolute Gasteiger partial charge is 0.336 e. The summed E-state index contributed by atoms with van der Waals surface area (Å²) < 4.78 is 0. The Morgan fingerprint density at radius 2 is 2.35 bits per heavy atom. The monoisotopic (exact) mass is 277 g/mol. The van der Waals surface area contributed by atoms with Crippen LogP contribution in [0.25, 0.3) is 0 Å². The fourth-order valence-corrected chi connectivity index (χ4v) is 2.47. The maximum absolute atomic E-state index is 12.0. The van der Waals surface area contributed by atoms with Gasteiger partial charge in [0.25, 0.3) is 0 Å². The van der Waals surface area contributed by atoms with Crippen molar-refractivity contribution in [2.45, 2.75) is 31.8 Å². The Hall–Kier alpha value is -1.69. The zero-order valence-corrected chi connectivity index (χ0v) is 12.2. The molecule has 110 valence electrons. The van der Waals surface area contributed by atoms with Gasteiger partial charge >= 0.3 is 6.03 Å². The molecule has 1 aliphatic heterocycles. The number of nitrogens with one attached hydrogen (secondary N) is 1. The van der Waals surface area contributed by atoms with Crippen LogP contribution in [-0.4, -0.2) is 59.0 Å². The molecule has 1 atom stereocenters. The molecule has 6 heteroatoms. The Bertz CT molecular complexity index is 425. The molecular formula is C14H23N5O. The fraction of sp³-hybridized carbons (Fsp3) is 0.643. The van der Waals surface area contributed by atoms with Crippen molar-refractivity contribution in [2.24, 2.45) is 0 Å². The highest BCUT2D eigenvalue weighted by Crippen LogP contribution is 2.14. The number of urea groups is 1. The Morgan fingerprint density at radius 1 is 1.50 bits per heavy atom. The summed E-state index contributed by atoms with van der Waals surface area (Å²) in [5, 5.41) is 3.00. The molecule has 2 heterocycles. The molecular weight excluding hydrogens is 254 g/mol. The van der Waals surface area contributed by atoms with Gasteiger partial charge in [0.1, 0.15) is 0 Å². The molecule has 0 aromatic carbocycles. The maximum atomic E-state index is 12.0. The molecule has 2 amide bonds. The summed E-state index contributed by atoms with van der Waals surface area (Å²) in [6.07, 6.45) is 8.61. The smallest absolute Gasteiger partial charge is 0.317 e. The van der Waals surface area contributed by atoms with Crippen molar-refractivity contribution in [2.75, 3.05) is 27.2 Å². The Balaban J connectivity index is 1.76. The summed E-state index contributed by atoms with van der Waals surface area (Å²) in [6, 6.07) is 0.396. The number of likely N-dealkylation sites (N-methyl/N-ethyl adjacent to an activating group) is 1. The van der Waals surface area contributed by atoms with Crippen LogP contribution < -0.4 is 5.32 Å². The summed E-state index contributed by atoms with van der Waals surface area (Å²) in [5.41, 5.74) is 0.792. The van der Waals surface area contributed by atoms with Crippen molar-refractivity contribution in [3.63, 3.8) is 0 Å². The minimum absolute atomic E-state index is 0.0605. The van der Waals surface area contributed by atoms with Crippen molar-refractivity contribution >= 4 is 6.03 Å². The van der Waals surface area contributed by atoms with Crippen LogP contribution in [0, 0.1) is 0 Å². The molecule has 1 N–H and O–H groups in total. The van der Waals surface area contributed by atoms with E-state index in [1.54, 1.807) is 30.5 Å². The molecule has 20 heavy (non-hydrogen) atoms. The standard InChI is InChI=1S/C14H23N5O/c1-18-8-4-3-5-13(18)10-17-14(20)19(2)11-12-9-15-6-7-16-12/h6-7,9,13H,3-5,8,10-11H2,1-2H3,(H,17,20)/t13-/m1/s1. The first-order valence-corrected chi connectivity index (χ1v) is 7.11. The average molecular weight is 277 g/mol. The number of hydrogen-bond acceptors (Lipinski definition) is 4. The summed E-state index contributed by atoms with van der Waals surface area (Å²) in [5.74, 6) is 0. The first-order valence-electron chi connectivity index (χ1n) is 7.11. The Morgan fingerprint density at radius 3 is 3.05 bits per heavy atom. The molecule has 6 nitrogen and oxygen atoms in total. The van der Waals surface area contributed by atoms with Gasteiger partial charge in [0.15, 0.2) is 0 Å². The van der Waals surface area contributed by atoms with Crippen molar-refractivity contribution in [3.05, 3.63) is 24.3 Å². The van der Waals surface area contributed by atoms with E-state index in [1.165, 1.54) is 12.8 Å². The number of piperidine rings is 1. The van der Waals surface area contributed by atoms with E-state index in [1.807, 2.05) is 0 Å². The summed E-state index contributed by atoms with van der Waals surface area (Å²) in [7, 11) is 3.90. The number of amides is 2. The van der Waals surface area contributed by atoms with E-state index < -0.39 is 0 Å². The Labute approximate surface area is 120 Å². The highest BCUT2D eigenvalue weighted by molar-refractivity contribution is 5.73. The average Bonchev–Trinajstić information content (AvgIpc) is 2.47. The molecule has 0 unspecified atom stereocenters. The number of carbonyl (C=O) groups is 1. The van der Waals surface area contributed by atoms with Crippen LogP contribution in [0.3, 0.4) is 0 Å². The quantitative estimate of drug-likeness (QED) is 0.895. The zero-order chi connectivity index (χ0) is 14.4. The van der Waals surface area contributed by atoms with Crippen LogP contribution in [0.1, 0.15) is 25.0 Å². The van der Waals surface area contributed by atoms with Gasteiger partial charge in [-0.15, -0.1) is 0 Å². The molecule has 0 aliphatic carbocycles. The summed E-state index contributed by atoms with van der Waals surface area (Å²) in [6.45, 7) is 2.30. The minimum atomic E-state index is -0.0605. The number of likely N-dealkylation sites (tertiary alicyclic amines) is 1. The fourth-order valence-electron chi connectivity index (χ4n) is 2.47. The van der Waals surface area contributed by atoms with Crippen molar-refractivity contribution < 1.29 is 4.79 Å². The second kappa shape index (κ2) is 7.19. The van der Waals surface area contributed by atoms with Gasteiger partial charge in [0.2, 0.25) is 0 Å². The van der Waals surface area contributed by atoms with Crippen LogP contribution in [-0.2, 0) is 6.54 Å². The Kier molecular flexibility index (Phi) is 5.29. The van der Waals surface area contributed by atoms with E-state index in [0.29, 0.717) is 19.1 Å². The molecule has 0 spiro atoms. The SMILES string of the molecule is CN(Cc1cnccn1)C(=O)NC[C@H]1CCCCN1C. The number of carbonyl (C=O) groups excluding carboxylic acids is 1. The normalized spacial score (nSPS) is 19.6. The van der Waals surface area contributed by atoms with Crippen LogP contribution in [0.2, 0.25) is 0 Å². The molecule has 1 saturated heterocycles. The first-order chi connectivity index (χ1) is 9.66. The van der Waals surface area contributed by atoms with Gasteiger partial charge in [-0.1, -0.05) is 6.42 Å². The van der Waals surface area contributed by atoms with E-state index >= 15 is 0 Å². The van der Waals surface area contributed by atoms with E-state index in [4.69, 9.17) is 0 Å². The lowest BCUT2D eigenvalue weighted by Gasteiger charge is -2.32. The van der Waals surface area contributed by atoms with Gasteiger partial charge in [-0.05, 0) is 26.4 Å². The van der Waals surface area contributed by atoms with Gasteiger partial charge < -0.3 is 15.1 Å². The molecule has 0 saturated carbocycles. The maximum Gasteiger partial charge on any atom is 0.317 e. The highest BCUT2D eigenvalue weighted by Gasteiger charge is 2.20. The van der Waals surface area contributed by atoms with E-state index in [2.05, 4.69) is 27.2 Å². The third-order valence-electron chi connectivity index (χ3n) is 3.77. The number of nitrogens with zero attached hydrogens (tertiary/aromatic N) is 4. The second-order valence-electron chi connectivity index (χ2n) is 5.37. The van der Waals surface area contributed by atoms with Crippen LogP contribution >= 0.6 is 0 Å². The van der Waals surface area contributed by atoms with Gasteiger partial charge in [0, 0.05) is 32.0 Å². The molecule has 0 radical (unpaired) electrons. The summed E-state index contributed by atoms with van der Waals surface area (Å²) >= 11 is 0. The lowest BCUT2D eigenvalue weighted by molar-refractivity contribution is 0.171. The molecule has 1 aromatic heterocycles. The van der Waals surface area contributed by atoms with Crippen molar-refractivity contribution in [3.8, 4) is 0 Å². The van der Waals surface area contributed by atoms with E-state index in [0.717, 1.165) is 18.7 Å². The molecule has 1 fully saturated rings. The van der Waals surface area contributed by atoms with Crippen molar-refractivity contribution in [1.29, 1.82) is 0 Å². The van der Waals surface area contributed by atoms with Crippen LogP contribution in [0.5, 0.6) is 0 Å². The molecule has 1 aromatic rings. The minimum Gasteiger partial charge on any atom is -0.336 e. The lowest BCUT2D eigenvalue weighted by atomic mass is 10.0. The number of hydrogen-bond donors (Lipinski definition) is 1. The third-order valence-corrected chi connectivity index (χ3v) is 3.77. The third kappa shape index (κ3) is 4.16. The number of rotatable bonds is 4. The van der Waals surface area contributed by atoms with Crippen LogP contribution in [0.4, 0.5) is 4.79 Å². The summed E-state index contributed by atoms with van der Waals surface area (Å²) in [4.78, 5) is 24.2. The van der Waals surface area contributed by atoms with Gasteiger partial charge in [-0.25, -0.2) is 4.79 Å². The predicted molar refractivity (Wildman–Crippen MR) is 77.2 cm³/mol. The lowest BCUT2D eigenvalue weighted by Crippen LogP contribution is -2.47.